The van der Waals surface area contributed by atoms with Gasteiger partial charge in [-0.05, 0) is 36.1 Å². The van der Waals surface area contributed by atoms with Crippen LogP contribution in [0.2, 0.25) is 5.02 Å². The number of aryl methyl sites for hydroxylation is 2. The highest BCUT2D eigenvalue weighted by Gasteiger charge is 2.30. The van der Waals surface area contributed by atoms with E-state index in [0.29, 0.717) is 28.7 Å². The summed E-state index contributed by atoms with van der Waals surface area (Å²) in [6.07, 6.45) is 3.75. The van der Waals surface area contributed by atoms with E-state index >= 15 is 0 Å². The lowest BCUT2D eigenvalue weighted by Gasteiger charge is -2.33. The van der Waals surface area contributed by atoms with Crippen LogP contribution in [-0.2, 0) is 20.1 Å². The molecule has 2 aromatic carbocycles. The molecule has 0 bridgehead atoms. The number of imidazole rings is 1. The SMILES string of the molecule is Cc1ccc(Cl)cc1N1C[C@@H](C)Cn2c1nc1c2c(=O)n(C/C=C/c2ccccc2)c(=O)n1C. The Kier molecular flexibility index (Phi) is 5.65. The Morgan fingerprint density at radius 3 is 2.65 bits per heavy atom. The highest BCUT2D eigenvalue weighted by atomic mass is 35.5. The third-order valence-corrected chi connectivity index (χ3v) is 6.54. The minimum atomic E-state index is -0.385. The van der Waals surface area contributed by atoms with Crippen LogP contribution in [0.3, 0.4) is 0 Å². The van der Waals surface area contributed by atoms with Crippen LogP contribution in [0.5, 0.6) is 0 Å². The van der Waals surface area contributed by atoms with Gasteiger partial charge in [-0.25, -0.2) is 4.79 Å². The molecule has 0 aliphatic carbocycles. The third kappa shape index (κ3) is 3.76. The number of hydrogen-bond donors (Lipinski definition) is 0. The van der Waals surface area contributed by atoms with E-state index in [9.17, 15) is 9.59 Å². The lowest BCUT2D eigenvalue weighted by Crippen LogP contribution is -2.40. The number of benzene rings is 2. The monoisotopic (exact) mass is 475 g/mol. The molecule has 0 fully saturated rings. The zero-order valence-electron chi connectivity index (χ0n) is 19.4. The van der Waals surface area contributed by atoms with Crippen molar-refractivity contribution in [3.8, 4) is 0 Å². The van der Waals surface area contributed by atoms with Crippen LogP contribution in [0.15, 0.2) is 64.2 Å². The molecule has 34 heavy (non-hydrogen) atoms. The molecule has 0 unspecified atom stereocenters. The number of aromatic nitrogens is 4. The van der Waals surface area contributed by atoms with E-state index in [1.807, 2.05) is 72.2 Å². The van der Waals surface area contributed by atoms with Gasteiger partial charge >= 0.3 is 5.69 Å². The summed E-state index contributed by atoms with van der Waals surface area (Å²) in [6.45, 7) is 5.75. The molecule has 2 aromatic heterocycles. The molecule has 4 aromatic rings. The number of nitrogens with zero attached hydrogens (tertiary/aromatic N) is 5. The van der Waals surface area contributed by atoms with E-state index in [2.05, 4.69) is 11.8 Å². The van der Waals surface area contributed by atoms with E-state index in [4.69, 9.17) is 16.6 Å². The number of anilines is 2. The smallest absolute Gasteiger partial charge is 0.311 e. The molecule has 3 heterocycles. The van der Waals surface area contributed by atoms with E-state index in [1.165, 1.54) is 9.13 Å². The summed E-state index contributed by atoms with van der Waals surface area (Å²) in [5.74, 6) is 0.925. The van der Waals surface area contributed by atoms with Crippen LogP contribution in [-0.4, -0.2) is 25.2 Å². The van der Waals surface area contributed by atoms with E-state index < -0.39 is 0 Å². The van der Waals surface area contributed by atoms with Gasteiger partial charge in [0.2, 0.25) is 5.95 Å². The molecule has 8 heteroatoms. The fourth-order valence-electron chi connectivity index (χ4n) is 4.60. The molecule has 0 saturated heterocycles. The molecule has 1 aliphatic heterocycles. The number of allylic oxidation sites excluding steroid dienone is 1. The largest absolute Gasteiger partial charge is 0.332 e. The van der Waals surface area contributed by atoms with Gasteiger partial charge in [-0.2, -0.15) is 4.98 Å². The molecule has 1 atom stereocenters. The van der Waals surface area contributed by atoms with Crippen molar-refractivity contribution >= 4 is 40.5 Å². The number of halogens is 1. The van der Waals surface area contributed by atoms with Crippen LogP contribution in [0.25, 0.3) is 17.2 Å². The summed E-state index contributed by atoms with van der Waals surface area (Å²) in [7, 11) is 1.67. The van der Waals surface area contributed by atoms with Crippen molar-refractivity contribution in [2.45, 2.75) is 26.9 Å². The average Bonchev–Trinajstić information content (AvgIpc) is 3.21. The van der Waals surface area contributed by atoms with E-state index in [-0.39, 0.29) is 23.7 Å². The van der Waals surface area contributed by atoms with Gasteiger partial charge in [0.15, 0.2) is 11.2 Å². The number of hydrogen-bond acceptors (Lipinski definition) is 4. The summed E-state index contributed by atoms with van der Waals surface area (Å²) in [5, 5.41) is 0.640. The molecular formula is C26H26ClN5O2. The fourth-order valence-corrected chi connectivity index (χ4v) is 4.77. The highest BCUT2D eigenvalue weighted by molar-refractivity contribution is 6.30. The predicted octanol–water partition coefficient (Wildman–Crippen LogP) is 4.36. The Balaban J connectivity index is 1.65. The first-order chi connectivity index (χ1) is 16.3. The summed E-state index contributed by atoms with van der Waals surface area (Å²) in [5.41, 5.74) is 3.15. The average molecular weight is 476 g/mol. The molecule has 174 valence electrons. The second-order valence-corrected chi connectivity index (χ2v) is 9.35. The van der Waals surface area contributed by atoms with Crippen molar-refractivity contribution in [3.05, 3.63) is 91.6 Å². The van der Waals surface area contributed by atoms with Crippen LogP contribution in [0.1, 0.15) is 18.1 Å². The van der Waals surface area contributed by atoms with Gasteiger partial charge < -0.3 is 9.47 Å². The van der Waals surface area contributed by atoms with Gasteiger partial charge in [-0.3, -0.25) is 13.9 Å². The Hall–Kier alpha value is -3.58. The fraction of sp³-hybridized carbons (Fsp3) is 0.269. The molecule has 0 saturated carbocycles. The summed E-state index contributed by atoms with van der Waals surface area (Å²) in [4.78, 5) is 33.5. The van der Waals surface area contributed by atoms with Crippen LogP contribution in [0.4, 0.5) is 11.6 Å². The molecule has 0 amide bonds. The molecule has 0 spiro atoms. The van der Waals surface area contributed by atoms with Gasteiger partial charge in [0.1, 0.15) is 0 Å². The van der Waals surface area contributed by atoms with Crippen LogP contribution >= 0.6 is 11.6 Å². The first kappa shape index (κ1) is 22.2. The molecular weight excluding hydrogens is 450 g/mol. The standard InChI is InChI=1S/C26H26ClN5O2/c1-17-15-31(21-14-20(27)12-11-18(21)2)25-28-23-22(32(25)16-17)24(33)30(26(34)29(23)3)13-7-10-19-8-5-4-6-9-19/h4-12,14,17H,13,15-16H2,1-3H3/b10-7+/t17-/m1/s1. The lowest BCUT2D eigenvalue weighted by molar-refractivity contribution is 0.457. The van der Waals surface area contributed by atoms with Crippen molar-refractivity contribution in [2.75, 3.05) is 11.4 Å². The van der Waals surface area contributed by atoms with Gasteiger partial charge in [0, 0.05) is 37.4 Å². The van der Waals surface area contributed by atoms with Crippen molar-refractivity contribution in [1.29, 1.82) is 0 Å². The topological polar surface area (TPSA) is 65.1 Å². The predicted molar refractivity (Wildman–Crippen MR) is 137 cm³/mol. The second kappa shape index (κ2) is 8.65. The summed E-state index contributed by atoms with van der Waals surface area (Å²) in [6, 6.07) is 15.6. The maximum Gasteiger partial charge on any atom is 0.332 e. The highest BCUT2D eigenvalue weighted by Crippen LogP contribution is 2.35. The van der Waals surface area contributed by atoms with Gasteiger partial charge in [0.05, 0.1) is 0 Å². The molecule has 0 radical (unpaired) electrons. The first-order valence-electron chi connectivity index (χ1n) is 11.3. The third-order valence-electron chi connectivity index (χ3n) is 6.30. The summed E-state index contributed by atoms with van der Waals surface area (Å²) >= 11 is 6.30. The Bertz CT molecular complexity index is 1530. The lowest BCUT2D eigenvalue weighted by atomic mass is 10.1. The van der Waals surface area contributed by atoms with Crippen molar-refractivity contribution < 1.29 is 0 Å². The Morgan fingerprint density at radius 2 is 1.88 bits per heavy atom. The minimum Gasteiger partial charge on any atom is -0.311 e. The Morgan fingerprint density at radius 1 is 1.12 bits per heavy atom. The molecule has 1 aliphatic rings. The Labute approximate surface area is 202 Å². The van der Waals surface area contributed by atoms with Gasteiger partial charge in [-0.15, -0.1) is 0 Å². The van der Waals surface area contributed by atoms with Gasteiger partial charge in [-0.1, -0.05) is 67.1 Å². The van der Waals surface area contributed by atoms with E-state index in [1.54, 1.807) is 7.05 Å². The zero-order valence-corrected chi connectivity index (χ0v) is 20.2. The second-order valence-electron chi connectivity index (χ2n) is 8.91. The maximum absolute atomic E-state index is 13.6. The van der Waals surface area contributed by atoms with Crippen molar-refractivity contribution in [3.63, 3.8) is 0 Å². The number of fused-ring (bicyclic) bond motifs is 3. The van der Waals surface area contributed by atoms with Crippen molar-refractivity contribution in [2.24, 2.45) is 13.0 Å². The van der Waals surface area contributed by atoms with Crippen molar-refractivity contribution in [1.82, 2.24) is 18.7 Å². The quantitative estimate of drug-likeness (QED) is 0.440. The van der Waals surface area contributed by atoms with Crippen LogP contribution in [0, 0.1) is 12.8 Å². The first-order valence-corrected chi connectivity index (χ1v) is 11.7. The zero-order chi connectivity index (χ0) is 24.0. The van der Waals surface area contributed by atoms with Crippen LogP contribution < -0.4 is 16.1 Å². The molecule has 5 rings (SSSR count). The van der Waals surface area contributed by atoms with Gasteiger partial charge in [0.25, 0.3) is 5.56 Å². The minimum absolute atomic E-state index is 0.184. The maximum atomic E-state index is 13.6. The van der Waals surface area contributed by atoms with E-state index in [0.717, 1.165) is 23.4 Å². The normalized spacial score (nSPS) is 15.9. The number of rotatable bonds is 4. The molecule has 0 N–H and O–H groups in total. The molecule has 7 nitrogen and oxygen atoms in total. The summed E-state index contributed by atoms with van der Waals surface area (Å²) < 4.78 is 4.68.